The number of nitrogens with two attached hydrogens (primary N) is 1. The molecule has 3 amide bonds. The van der Waals surface area contributed by atoms with E-state index in [0.29, 0.717) is 16.6 Å². The maximum absolute atomic E-state index is 12.2. The Balaban J connectivity index is 2.02. The van der Waals surface area contributed by atoms with Gasteiger partial charge in [-0.25, -0.2) is 9.86 Å². The van der Waals surface area contributed by atoms with Crippen LogP contribution in [0, 0.1) is 0 Å². The Kier molecular flexibility index (Phi) is 6.73. The number of hydroxylamine groups is 2. The van der Waals surface area contributed by atoms with Gasteiger partial charge in [0.05, 0.1) is 12.1 Å². The van der Waals surface area contributed by atoms with Gasteiger partial charge in [-0.3, -0.25) is 10.0 Å². The van der Waals surface area contributed by atoms with Crippen LogP contribution in [0.2, 0.25) is 0 Å². The second kappa shape index (κ2) is 8.78. The Morgan fingerprint density at radius 2 is 2.04 bits per heavy atom. The average molecular weight is 388 g/mol. The number of carbonyl (C=O) groups excluding carboxylic acids is 2. The fourth-order valence-electron chi connectivity index (χ4n) is 1.73. The number of primary amides is 1. The lowest BCUT2D eigenvalue weighted by atomic mass is 10.3. The molecule has 0 saturated heterocycles. The summed E-state index contributed by atoms with van der Waals surface area (Å²) in [6.07, 6.45) is 0. The molecule has 128 valence electrons. The summed E-state index contributed by atoms with van der Waals surface area (Å²) in [4.78, 5) is 23.7. The summed E-state index contributed by atoms with van der Waals surface area (Å²) >= 11 is 1.27. The number of halogens is 1. The topological polar surface area (TPSA) is 105 Å². The molecule has 0 aliphatic carbocycles. The van der Waals surface area contributed by atoms with E-state index in [2.05, 4.69) is 5.32 Å². The van der Waals surface area contributed by atoms with E-state index in [9.17, 15) is 14.8 Å². The number of nitrogens with one attached hydrogen (secondary N) is 1. The zero-order valence-corrected chi connectivity index (χ0v) is 14.7. The molecule has 2 rings (SSSR count). The van der Waals surface area contributed by atoms with Crippen molar-refractivity contribution < 1.29 is 19.5 Å². The molecule has 10 heteroatoms. The van der Waals surface area contributed by atoms with Gasteiger partial charge in [0.25, 0.3) is 5.91 Å². The summed E-state index contributed by atoms with van der Waals surface area (Å²) in [7, 11) is 6.74. The maximum atomic E-state index is 12.2. The van der Waals surface area contributed by atoms with Crippen molar-refractivity contribution in [3.63, 3.8) is 0 Å². The number of hydrogen-bond donors (Lipinski definition) is 3. The number of thiophene rings is 1. The van der Waals surface area contributed by atoms with Gasteiger partial charge in [0.15, 0.2) is 5.75 Å². The highest BCUT2D eigenvalue weighted by atomic mass is 35.7. The standard InChI is InChI=1S/C14H14ClN3O4S2/c15-24-10-3-1-9(2-4-10)22-12-8-23-7-11(12)13(19)18(21)6-5-17-14(16)20/h1-4,7-8,21H,5-6H2,(H3,16,17,20). The van der Waals surface area contributed by atoms with Crippen molar-refractivity contribution in [3.8, 4) is 11.5 Å². The molecule has 0 radical (unpaired) electrons. The van der Waals surface area contributed by atoms with Crippen LogP contribution >= 0.6 is 33.0 Å². The van der Waals surface area contributed by atoms with Crippen molar-refractivity contribution in [1.29, 1.82) is 0 Å². The Bertz CT molecular complexity index is 708. The zero-order valence-electron chi connectivity index (χ0n) is 12.3. The van der Waals surface area contributed by atoms with Crippen LogP contribution in [-0.2, 0) is 0 Å². The van der Waals surface area contributed by atoms with Crippen molar-refractivity contribution in [2.24, 2.45) is 5.73 Å². The van der Waals surface area contributed by atoms with Gasteiger partial charge in [-0.1, -0.05) is 0 Å². The molecule has 2 aromatic rings. The van der Waals surface area contributed by atoms with Gasteiger partial charge in [-0.05, 0) is 45.9 Å². The third kappa shape index (κ3) is 5.03. The van der Waals surface area contributed by atoms with Gasteiger partial charge >= 0.3 is 6.03 Å². The van der Waals surface area contributed by atoms with E-state index in [1.165, 1.54) is 11.3 Å². The van der Waals surface area contributed by atoms with Gasteiger partial charge in [0.1, 0.15) is 5.75 Å². The van der Waals surface area contributed by atoms with Crippen LogP contribution < -0.4 is 15.8 Å². The SMILES string of the molecule is NC(=O)NCCN(O)C(=O)c1cscc1Oc1ccc(SCl)cc1. The lowest BCUT2D eigenvalue weighted by Gasteiger charge is -2.15. The minimum atomic E-state index is -0.728. The second-order valence-corrected chi connectivity index (χ2v) is 6.35. The zero-order chi connectivity index (χ0) is 17.5. The van der Waals surface area contributed by atoms with E-state index in [1.54, 1.807) is 35.0 Å². The number of nitrogens with zero attached hydrogens (tertiary/aromatic N) is 1. The summed E-state index contributed by atoms with van der Waals surface area (Å²) in [5.41, 5.74) is 5.14. The predicted molar refractivity (Wildman–Crippen MR) is 93.0 cm³/mol. The summed E-state index contributed by atoms with van der Waals surface area (Å²) in [5, 5.41) is 15.8. The Hall–Kier alpha value is -1.94. The third-order valence-electron chi connectivity index (χ3n) is 2.85. The largest absolute Gasteiger partial charge is 0.456 e. The molecule has 0 atom stereocenters. The molecule has 0 spiro atoms. The van der Waals surface area contributed by atoms with Crippen LogP contribution in [0.5, 0.6) is 11.5 Å². The number of urea groups is 1. The Labute approximate surface area is 150 Å². The van der Waals surface area contributed by atoms with Crippen LogP contribution in [0.1, 0.15) is 10.4 Å². The van der Waals surface area contributed by atoms with Crippen molar-refractivity contribution in [3.05, 3.63) is 40.6 Å². The average Bonchev–Trinajstić information content (AvgIpc) is 3.02. The van der Waals surface area contributed by atoms with Gasteiger partial charge in [-0.2, -0.15) is 0 Å². The van der Waals surface area contributed by atoms with Gasteiger partial charge < -0.3 is 15.8 Å². The number of benzene rings is 1. The monoisotopic (exact) mass is 387 g/mol. The van der Waals surface area contributed by atoms with E-state index in [4.69, 9.17) is 21.2 Å². The number of carbonyl (C=O) groups is 2. The van der Waals surface area contributed by atoms with Crippen LogP contribution in [0.3, 0.4) is 0 Å². The highest BCUT2D eigenvalue weighted by Gasteiger charge is 2.20. The maximum Gasteiger partial charge on any atom is 0.312 e. The van der Waals surface area contributed by atoms with Crippen LogP contribution in [0.4, 0.5) is 4.79 Å². The lowest BCUT2D eigenvalue weighted by Crippen LogP contribution is -2.38. The number of ether oxygens (including phenoxy) is 1. The van der Waals surface area contributed by atoms with E-state index >= 15 is 0 Å². The summed E-state index contributed by atoms with van der Waals surface area (Å²) in [5.74, 6) is 0.237. The first-order valence-corrected chi connectivity index (χ1v) is 9.26. The third-order valence-corrected chi connectivity index (χ3v) is 4.56. The molecule has 4 N–H and O–H groups in total. The molecule has 0 aliphatic rings. The van der Waals surface area contributed by atoms with Crippen LogP contribution in [0.25, 0.3) is 0 Å². The minimum absolute atomic E-state index is 0.0372. The molecule has 1 aromatic carbocycles. The molecule has 0 aliphatic heterocycles. The number of rotatable bonds is 7. The Morgan fingerprint density at radius 1 is 1.33 bits per heavy atom. The molecule has 1 heterocycles. The molecule has 0 unspecified atom stereocenters. The van der Waals surface area contributed by atoms with Gasteiger partial charge in [0, 0.05) is 22.2 Å². The highest BCUT2D eigenvalue weighted by molar-refractivity contribution is 8.21. The summed E-state index contributed by atoms with van der Waals surface area (Å²) in [6, 6.07) is 6.30. The molecular weight excluding hydrogens is 374 g/mol. The first kappa shape index (κ1) is 18.4. The molecule has 0 saturated carbocycles. The van der Waals surface area contributed by atoms with Gasteiger partial charge in [0.2, 0.25) is 0 Å². The second-order valence-electron chi connectivity index (χ2n) is 4.52. The van der Waals surface area contributed by atoms with E-state index < -0.39 is 11.9 Å². The summed E-state index contributed by atoms with van der Waals surface area (Å²) < 4.78 is 5.67. The normalized spacial score (nSPS) is 10.2. The minimum Gasteiger partial charge on any atom is -0.456 e. The van der Waals surface area contributed by atoms with Crippen molar-refractivity contribution in [2.45, 2.75) is 4.90 Å². The fourth-order valence-corrected chi connectivity index (χ4v) is 3.00. The first-order chi connectivity index (χ1) is 11.5. The molecular formula is C14H14ClN3O4S2. The van der Waals surface area contributed by atoms with E-state index in [-0.39, 0.29) is 18.7 Å². The molecule has 0 bridgehead atoms. The van der Waals surface area contributed by atoms with Crippen molar-refractivity contribution in [2.75, 3.05) is 13.1 Å². The van der Waals surface area contributed by atoms with Crippen molar-refractivity contribution in [1.82, 2.24) is 10.4 Å². The smallest absolute Gasteiger partial charge is 0.312 e. The van der Waals surface area contributed by atoms with Gasteiger partial charge in [-0.15, -0.1) is 11.3 Å². The van der Waals surface area contributed by atoms with Crippen LogP contribution in [0.15, 0.2) is 39.9 Å². The van der Waals surface area contributed by atoms with E-state index in [1.807, 2.05) is 0 Å². The van der Waals surface area contributed by atoms with Crippen molar-refractivity contribution >= 4 is 44.9 Å². The predicted octanol–water partition coefficient (Wildman–Crippen LogP) is 3.29. The quantitative estimate of drug-likeness (QED) is 0.499. The summed E-state index contributed by atoms with van der Waals surface area (Å²) in [6.45, 7) is -0.0614. The highest BCUT2D eigenvalue weighted by Crippen LogP contribution is 2.31. The molecule has 1 aromatic heterocycles. The fraction of sp³-hybridized carbons (Fsp3) is 0.143. The molecule has 24 heavy (non-hydrogen) atoms. The van der Waals surface area contributed by atoms with E-state index in [0.717, 1.165) is 15.9 Å². The number of amides is 3. The molecule has 7 nitrogen and oxygen atoms in total. The lowest BCUT2D eigenvalue weighted by molar-refractivity contribution is -0.0565. The number of hydrogen-bond acceptors (Lipinski definition) is 6. The van der Waals surface area contributed by atoms with Crippen LogP contribution in [-0.4, -0.2) is 35.3 Å². The molecule has 0 fully saturated rings. The Morgan fingerprint density at radius 3 is 2.67 bits per heavy atom. The first-order valence-electron chi connectivity index (χ1n) is 6.68.